The Hall–Kier alpha value is -1.79. The van der Waals surface area contributed by atoms with Crippen molar-refractivity contribution in [1.29, 1.82) is 0 Å². The first-order valence-electron chi connectivity index (χ1n) is 7.33. The molecule has 3 amide bonds. The summed E-state index contributed by atoms with van der Waals surface area (Å²) in [4.78, 5) is 40.1. The molecule has 1 aliphatic rings. The molecule has 1 saturated heterocycles. The summed E-state index contributed by atoms with van der Waals surface area (Å²) in [5.41, 5.74) is 0. The zero-order valence-electron chi connectivity index (χ0n) is 13.3. The molecule has 0 aromatic rings. The summed E-state index contributed by atoms with van der Waals surface area (Å²) < 4.78 is 4.94. The van der Waals surface area contributed by atoms with Crippen molar-refractivity contribution in [3.8, 4) is 0 Å². The van der Waals surface area contributed by atoms with Gasteiger partial charge in [0.2, 0.25) is 11.8 Å². The van der Waals surface area contributed by atoms with Gasteiger partial charge in [-0.3, -0.25) is 9.59 Å². The average Bonchev–Trinajstić information content (AvgIpc) is 2.44. The number of carbonyl (C=O) groups is 3. The van der Waals surface area contributed by atoms with Crippen LogP contribution in [0.4, 0.5) is 4.79 Å². The molecule has 1 fully saturated rings. The minimum Gasteiger partial charge on any atom is -0.450 e. The van der Waals surface area contributed by atoms with E-state index in [0.717, 1.165) is 0 Å². The highest BCUT2D eigenvalue weighted by Crippen LogP contribution is 2.06. The molecule has 0 aliphatic carbocycles. The van der Waals surface area contributed by atoms with Crippen molar-refractivity contribution in [2.45, 2.75) is 33.7 Å². The molecular weight excluding hydrogens is 274 g/mol. The molecule has 0 radical (unpaired) electrons. The molecule has 7 heteroatoms. The number of hydrogen-bond acceptors (Lipinski definition) is 4. The average molecular weight is 299 g/mol. The first-order chi connectivity index (χ1) is 9.86. The molecule has 1 aliphatic heterocycles. The van der Waals surface area contributed by atoms with Crippen LogP contribution in [-0.2, 0) is 14.3 Å². The van der Waals surface area contributed by atoms with Gasteiger partial charge in [0.15, 0.2) is 0 Å². The fourth-order valence-corrected chi connectivity index (χ4v) is 2.26. The van der Waals surface area contributed by atoms with E-state index in [9.17, 15) is 14.4 Å². The van der Waals surface area contributed by atoms with Crippen LogP contribution in [0.2, 0.25) is 0 Å². The summed E-state index contributed by atoms with van der Waals surface area (Å²) in [5, 5.41) is 0. The highest BCUT2D eigenvalue weighted by molar-refractivity contribution is 5.84. The number of amides is 3. The van der Waals surface area contributed by atoms with Crippen molar-refractivity contribution in [2.75, 3.05) is 39.3 Å². The monoisotopic (exact) mass is 299 g/mol. The third-order valence-electron chi connectivity index (χ3n) is 3.49. The number of hydrogen-bond donors (Lipinski definition) is 0. The molecule has 0 saturated carbocycles. The van der Waals surface area contributed by atoms with E-state index in [1.54, 1.807) is 21.6 Å². The summed E-state index contributed by atoms with van der Waals surface area (Å²) in [5.74, 6) is -0.189. The van der Waals surface area contributed by atoms with E-state index in [4.69, 9.17) is 4.74 Å². The number of nitrogens with zero attached hydrogens (tertiary/aromatic N) is 3. The molecule has 0 aromatic heterocycles. The van der Waals surface area contributed by atoms with Crippen LogP contribution in [0, 0.1) is 0 Å². The zero-order valence-corrected chi connectivity index (χ0v) is 13.3. The molecule has 0 unspecified atom stereocenters. The Balaban J connectivity index is 2.48. The maximum absolute atomic E-state index is 12.2. The van der Waals surface area contributed by atoms with E-state index in [1.165, 1.54) is 6.92 Å². The Bertz CT molecular complexity index is 390. The molecule has 120 valence electrons. The van der Waals surface area contributed by atoms with Crippen LogP contribution in [0.25, 0.3) is 0 Å². The van der Waals surface area contributed by atoms with Crippen molar-refractivity contribution in [2.24, 2.45) is 0 Å². The second-order valence-electron chi connectivity index (χ2n) is 5.31. The summed E-state index contributed by atoms with van der Waals surface area (Å²) >= 11 is 0. The van der Waals surface area contributed by atoms with Crippen LogP contribution in [0.1, 0.15) is 27.7 Å². The van der Waals surface area contributed by atoms with Crippen LogP contribution in [0.15, 0.2) is 0 Å². The maximum Gasteiger partial charge on any atom is 0.409 e. The normalized spacial score (nSPS) is 15.1. The first kappa shape index (κ1) is 17.3. The van der Waals surface area contributed by atoms with Gasteiger partial charge >= 0.3 is 6.09 Å². The quantitative estimate of drug-likeness (QED) is 0.760. The highest BCUT2D eigenvalue weighted by atomic mass is 16.6. The van der Waals surface area contributed by atoms with Crippen molar-refractivity contribution < 1.29 is 19.1 Å². The first-order valence-corrected chi connectivity index (χ1v) is 7.33. The fourth-order valence-electron chi connectivity index (χ4n) is 2.26. The largest absolute Gasteiger partial charge is 0.450 e. The van der Waals surface area contributed by atoms with Gasteiger partial charge in [-0.15, -0.1) is 0 Å². The van der Waals surface area contributed by atoms with Gasteiger partial charge in [-0.1, -0.05) is 0 Å². The second-order valence-corrected chi connectivity index (χ2v) is 5.31. The van der Waals surface area contributed by atoms with E-state index in [1.807, 2.05) is 13.8 Å². The summed E-state index contributed by atoms with van der Waals surface area (Å²) in [6, 6.07) is -0.00716. The number of ether oxygens (including phenoxy) is 1. The van der Waals surface area contributed by atoms with E-state index in [2.05, 4.69) is 0 Å². The van der Waals surface area contributed by atoms with E-state index in [0.29, 0.717) is 32.8 Å². The molecule has 0 bridgehead atoms. The van der Waals surface area contributed by atoms with Crippen molar-refractivity contribution >= 4 is 17.9 Å². The minimum atomic E-state index is -0.336. The van der Waals surface area contributed by atoms with Crippen LogP contribution in [-0.4, -0.2) is 78.0 Å². The van der Waals surface area contributed by atoms with Crippen LogP contribution in [0.5, 0.6) is 0 Å². The SMILES string of the molecule is CCOC(=O)N1CCN(C(=O)CN(C(C)=O)C(C)C)CC1. The van der Waals surface area contributed by atoms with Gasteiger partial charge in [0.05, 0.1) is 13.2 Å². The van der Waals surface area contributed by atoms with Gasteiger partial charge in [-0.05, 0) is 20.8 Å². The predicted octanol–water partition coefficient (Wildman–Crippen LogP) is 0.544. The zero-order chi connectivity index (χ0) is 16.0. The second kappa shape index (κ2) is 7.85. The van der Waals surface area contributed by atoms with Gasteiger partial charge in [0, 0.05) is 39.1 Å². The van der Waals surface area contributed by atoms with Gasteiger partial charge in [0.25, 0.3) is 0 Å². The van der Waals surface area contributed by atoms with Gasteiger partial charge in [-0.25, -0.2) is 4.79 Å². The minimum absolute atomic E-state index is 0.00716. The van der Waals surface area contributed by atoms with Crippen LogP contribution >= 0.6 is 0 Å². The van der Waals surface area contributed by atoms with Gasteiger partial charge in [0.1, 0.15) is 0 Å². The Kier molecular flexibility index (Phi) is 6.45. The molecule has 0 atom stereocenters. The Morgan fingerprint density at radius 2 is 1.62 bits per heavy atom. The fraction of sp³-hybridized carbons (Fsp3) is 0.786. The summed E-state index contributed by atoms with van der Waals surface area (Å²) in [6.07, 6.45) is -0.336. The van der Waals surface area contributed by atoms with Crippen LogP contribution in [0.3, 0.4) is 0 Å². The van der Waals surface area contributed by atoms with Gasteiger partial charge in [-0.2, -0.15) is 0 Å². The number of piperazine rings is 1. The third kappa shape index (κ3) is 4.91. The summed E-state index contributed by atoms with van der Waals surface area (Å²) in [7, 11) is 0. The molecule has 21 heavy (non-hydrogen) atoms. The Labute approximate surface area is 125 Å². The lowest BCUT2D eigenvalue weighted by Crippen LogP contribution is -2.53. The summed E-state index contributed by atoms with van der Waals surface area (Å²) in [6.45, 7) is 9.31. The molecular formula is C14H25N3O4. The molecule has 1 rings (SSSR count). The van der Waals surface area contributed by atoms with Crippen molar-refractivity contribution in [3.63, 3.8) is 0 Å². The molecule has 7 nitrogen and oxygen atoms in total. The molecule has 0 aromatic carbocycles. The lowest BCUT2D eigenvalue weighted by molar-refractivity contribution is -0.141. The Morgan fingerprint density at radius 3 is 2.05 bits per heavy atom. The molecule has 0 N–H and O–H groups in total. The standard InChI is InChI=1S/C14H25N3O4/c1-5-21-14(20)16-8-6-15(7-9-16)13(19)10-17(11(2)3)12(4)18/h11H,5-10H2,1-4H3. The van der Waals surface area contributed by atoms with E-state index >= 15 is 0 Å². The number of carbonyl (C=O) groups excluding carboxylic acids is 3. The topological polar surface area (TPSA) is 70.2 Å². The van der Waals surface area contributed by atoms with Crippen LogP contribution < -0.4 is 0 Å². The Morgan fingerprint density at radius 1 is 1.10 bits per heavy atom. The molecule has 1 heterocycles. The smallest absolute Gasteiger partial charge is 0.409 e. The lowest BCUT2D eigenvalue weighted by Gasteiger charge is -2.35. The lowest BCUT2D eigenvalue weighted by atomic mass is 10.2. The maximum atomic E-state index is 12.2. The van der Waals surface area contributed by atoms with Crippen molar-refractivity contribution in [3.05, 3.63) is 0 Å². The third-order valence-corrected chi connectivity index (χ3v) is 3.49. The predicted molar refractivity (Wildman–Crippen MR) is 77.7 cm³/mol. The van der Waals surface area contributed by atoms with E-state index < -0.39 is 0 Å². The molecule has 0 spiro atoms. The van der Waals surface area contributed by atoms with E-state index in [-0.39, 0.29) is 30.5 Å². The van der Waals surface area contributed by atoms with Gasteiger partial charge < -0.3 is 19.4 Å². The highest BCUT2D eigenvalue weighted by Gasteiger charge is 2.26. The van der Waals surface area contributed by atoms with Crippen molar-refractivity contribution in [1.82, 2.24) is 14.7 Å². The number of rotatable bonds is 4.